The maximum absolute atomic E-state index is 10.4. The van der Waals surface area contributed by atoms with Gasteiger partial charge in [-0.2, -0.15) is 0 Å². The highest BCUT2D eigenvalue weighted by atomic mass is 127. The number of aromatic hydroxyl groups is 1. The molecule has 1 saturated heterocycles. The van der Waals surface area contributed by atoms with E-state index in [9.17, 15) is 5.11 Å². The number of phenolic OH excluding ortho intramolecular Hbond substituents is 1. The first kappa shape index (κ1) is 25.2. The second kappa shape index (κ2) is 13.4. The number of hydrogen-bond acceptors (Lipinski definition) is 4. The summed E-state index contributed by atoms with van der Waals surface area (Å²) in [4.78, 5) is 7.35. The van der Waals surface area contributed by atoms with Gasteiger partial charge in [0.15, 0.2) is 5.96 Å². The van der Waals surface area contributed by atoms with Gasteiger partial charge < -0.3 is 25.4 Å². The van der Waals surface area contributed by atoms with Crippen LogP contribution in [-0.4, -0.2) is 61.9 Å². The molecule has 0 aromatic heterocycles. The zero-order valence-corrected chi connectivity index (χ0v) is 20.9. The van der Waals surface area contributed by atoms with Crippen LogP contribution in [0.15, 0.2) is 17.1 Å². The molecule has 0 saturated carbocycles. The number of nitrogens with zero attached hydrogens (tertiary/aromatic N) is 2. The van der Waals surface area contributed by atoms with Crippen molar-refractivity contribution in [3.8, 4) is 5.75 Å². The van der Waals surface area contributed by atoms with Crippen LogP contribution in [0.25, 0.3) is 0 Å². The van der Waals surface area contributed by atoms with E-state index in [1.165, 1.54) is 24.0 Å². The average Bonchev–Trinajstić information content (AvgIpc) is 2.74. The number of ether oxygens (including phenoxy) is 1. The van der Waals surface area contributed by atoms with Crippen molar-refractivity contribution in [2.75, 3.05) is 39.9 Å². The molecule has 1 fully saturated rings. The fraction of sp³-hybridized carbons (Fsp3) is 0.696. The third kappa shape index (κ3) is 7.27. The number of benzene rings is 1. The Bertz CT molecular complexity index is 675. The fourth-order valence-corrected chi connectivity index (χ4v) is 4.47. The first-order chi connectivity index (χ1) is 14.2. The zero-order valence-electron chi connectivity index (χ0n) is 18.6. The molecule has 6 nitrogen and oxygen atoms in total. The van der Waals surface area contributed by atoms with Gasteiger partial charge in [-0.05, 0) is 69.1 Å². The summed E-state index contributed by atoms with van der Waals surface area (Å²) in [5, 5.41) is 17.4. The summed E-state index contributed by atoms with van der Waals surface area (Å²) in [6.45, 7) is 7.65. The highest BCUT2D eigenvalue weighted by Gasteiger charge is 2.20. The Labute approximate surface area is 198 Å². The van der Waals surface area contributed by atoms with Gasteiger partial charge in [-0.25, -0.2) is 4.99 Å². The zero-order chi connectivity index (χ0) is 20.5. The van der Waals surface area contributed by atoms with Crippen LogP contribution in [0, 0.1) is 0 Å². The van der Waals surface area contributed by atoms with Gasteiger partial charge >= 0.3 is 0 Å². The molecule has 7 heteroatoms. The van der Waals surface area contributed by atoms with Crippen molar-refractivity contribution < 1.29 is 9.84 Å². The van der Waals surface area contributed by atoms with Crippen molar-refractivity contribution in [3.05, 3.63) is 28.8 Å². The number of phenols is 1. The van der Waals surface area contributed by atoms with Gasteiger partial charge in [-0.15, -0.1) is 24.0 Å². The Kier molecular flexibility index (Phi) is 11.2. The number of likely N-dealkylation sites (tertiary alicyclic amines) is 1. The minimum Gasteiger partial charge on any atom is -0.508 e. The van der Waals surface area contributed by atoms with E-state index in [0.717, 1.165) is 76.4 Å². The lowest BCUT2D eigenvalue weighted by molar-refractivity contribution is 0.155. The first-order valence-electron chi connectivity index (χ1n) is 11.3. The third-order valence-corrected chi connectivity index (χ3v) is 6.12. The van der Waals surface area contributed by atoms with Crippen molar-refractivity contribution in [2.24, 2.45) is 4.99 Å². The van der Waals surface area contributed by atoms with Crippen molar-refractivity contribution >= 4 is 29.9 Å². The molecule has 3 rings (SSSR count). The van der Waals surface area contributed by atoms with Gasteiger partial charge in [0.25, 0.3) is 0 Å². The van der Waals surface area contributed by atoms with Crippen molar-refractivity contribution in [2.45, 2.75) is 64.5 Å². The van der Waals surface area contributed by atoms with E-state index >= 15 is 0 Å². The summed E-state index contributed by atoms with van der Waals surface area (Å²) in [6, 6.07) is 4.38. The molecule has 0 bridgehead atoms. The van der Waals surface area contributed by atoms with Crippen molar-refractivity contribution in [1.82, 2.24) is 15.5 Å². The Morgan fingerprint density at radius 2 is 2.00 bits per heavy atom. The van der Waals surface area contributed by atoms with Crippen LogP contribution in [0.2, 0.25) is 0 Å². The van der Waals surface area contributed by atoms with Gasteiger partial charge in [0.05, 0.1) is 6.54 Å². The number of hydrogen-bond donors (Lipinski definition) is 3. The Morgan fingerprint density at radius 3 is 2.73 bits per heavy atom. The molecule has 1 aromatic carbocycles. The predicted molar refractivity (Wildman–Crippen MR) is 134 cm³/mol. The molecule has 0 amide bonds. The molecule has 1 heterocycles. The normalized spacial score (nSPS) is 17.9. The van der Waals surface area contributed by atoms with Gasteiger partial charge in [0.2, 0.25) is 0 Å². The van der Waals surface area contributed by atoms with Crippen LogP contribution in [0.1, 0.15) is 55.7 Å². The number of aryl methyl sites for hydroxylation is 1. The summed E-state index contributed by atoms with van der Waals surface area (Å²) >= 11 is 0. The number of fused-ring (bicyclic) bond motifs is 1. The molecule has 1 aromatic rings. The average molecular weight is 530 g/mol. The number of aliphatic imine (C=N–C) groups is 1. The minimum absolute atomic E-state index is 0. The minimum atomic E-state index is 0. The largest absolute Gasteiger partial charge is 0.508 e. The molecule has 1 aliphatic heterocycles. The maximum Gasteiger partial charge on any atom is 0.191 e. The molecule has 2 aliphatic rings. The number of rotatable bonds is 8. The van der Waals surface area contributed by atoms with E-state index in [-0.39, 0.29) is 24.0 Å². The quantitative estimate of drug-likeness (QED) is 0.208. The Balaban J connectivity index is 0.00000320. The van der Waals surface area contributed by atoms with E-state index in [1.54, 1.807) is 7.11 Å². The molecule has 0 radical (unpaired) electrons. The van der Waals surface area contributed by atoms with Gasteiger partial charge in [0.1, 0.15) is 5.75 Å². The maximum atomic E-state index is 10.4. The summed E-state index contributed by atoms with van der Waals surface area (Å²) < 4.78 is 5.16. The second-order valence-electron chi connectivity index (χ2n) is 8.21. The van der Waals surface area contributed by atoms with Crippen LogP contribution in [0.5, 0.6) is 5.75 Å². The number of halogens is 1. The van der Waals surface area contributed by atoms with Crippen LogP contribution in [0.4, 0.5) is 0 Å². The van der Waals surface area contributed by atoms with Gasteiger partial charge in [-0.3, -0.25) is 0 Å². The molecule has 0 spiro atoms. The van der Waals surface area contributed by atoms with E-state index in [1.807, 2.05) is 6.07 Å². The summed E-state index contributed by atoms with van der Waals surface area (Å²) in [6.07, 6.45) is 7.98. The first-order valence-corrected chi connectivity index (χ1v) is 11.3. The molecular formula is C23H39IN4O2. The van der Waals surface area contributed by atoms with E-state index < -0.39 is 0 Å². The summed E-state index contributed by atoms with van der Waals surface area (Å²) in [7, 11) is 1.77. The molecular weight excluding hydrogens is 491 g/mol. The van der Waals surface area contributed by atoms with Gasteiger partial charge in [0, 0.05) is 51.5 Å². The van der Waals surface area contributed by atoms with Gasteiger partial charge in [-0.1, -0.05) is 6.07 Å². The van der Waals surface area contributed by atoms with E-state index in [4.69, 9.17) is 9.73 Å². The molecule has 170 valence electrons. The fourth-order valence-electron chi connectivity index (χ4n) is 4.47. The second-order valence-corrected chi connectivity index (χ2v) is 8.21. The van der Waals surface area contributed by atoms with Crippen molar-refractivity contribution in [1.29, 1.82) is 0 Å². The lowest BCUT2D eigenvalue weighted by atomic mass is 9.88. The van der Waals surface area contributed by atoms with Crippen LogP contribution in [0.3, 0.4) is 0 Å². The Morgan fingerprint density at radius 1 is 1.23 bits per heavy atom. The van der Waals surface area contributed by atoms with Crippen molar-refractivity contribution in [3.63, 3.8) is 0 Å². The highest BCUT2D eigenvalue weighted by Crippen LogP contribution is 2.31. The molecule has 0 atom stereocenters. The smallest absolute Gasteiger partial charge is 0.191 e. The van der Waals surface area contributed by atoms with E-state index in [2.05, 4.69) is 28.5 Å². The molecule has 30 heavy (non-hydrogen) atoms. The van der Waals surface area contributed by atoms with Crippen LogP contribution in [-0.2, 0) is 24.1 Å². The standard InChI is InChI=1S/C23H38N4O2.HI/c1-3-24-23(26-19-11-14-27(15-12-19)13-6-16-29-2)25-17-21-20-8-5-4-7-18(20)9-10-22(21)28;/h9-10,19,28H,3-8,11-17H2,1-2H3,(H2,24,25,26);1H. The number of guanidine groups is 1. The Hall–Kier alpha value is -1.06. The number of nitrogens with one attached hydrogen (secondary N) is 2. The summed E-state index contributed by atoms with van der Waals surface area (Å²) in [5.41, 5.74) is 3.71. The number of methoxy groups -OCH3 is 1. The monoisotopic (exact) mass is 530 g/mol. The third-order valence-electron chi connectivity index (χ3n) is 6.12. The van der Waals surface area contributed by atoms with E-state index in [0.29, 0.717) is 18.3 Å². The predicted octanol–water partition coefficient (Wildman–Crippen LogP) is 3.45. The molecule has 1 aliphatic carbocycles. The lowest BCUT2D eigenvalue weighted by Gasteiger charge is -2.33. The van der Waals surface area contributed by atoms with Crippen LogP contribution < -0.4 is 10.6 Å². The topological polar surface area (TPSA) is 69.1 Å². The summed E-state index contributed by atoms with van der Waals surface area (Å²) in [5.74, 6) is 1.24. The lowest BCUT2D eigenvalue weighted by Crippen LogP contribution is -2.48. The molecule has 3 N–H and O–H groups in total. The molecule has 0 unspecified atom stereocenters. The van der Waals surface area contributed by atoms with Crippen LogP contribution >= 0.6 is 24.0 Å². The SMILES string of the molecule is CCNC(=NCc1c(O)ccc2c1CCCC2)NC1CCN(CCCOC)CC1.I. The number of piperidine rings is 1. The highest BCUT2D eigenvalue weighted by molar-refractivity contribution is 14.0.